The number of aromatic nitrogens is 3. The minimum atomic E-state index is -2.34. The molecule has 1 atom stereocenters. The van der Waals surface area contributed by atoms with Crippen LogP contribution in [0.2, 0.25) is 0 Å². The molecule has 0 saturated heterocycles. The van der Waals surface area contributed by atoms with Crippen molar-refractivity contribution in [2.24, 2.45) is 0 Å². The number of rotatable bonds is 6. The van der Waals surface area contributed by atoms with E-state index in [-0.39, 0.29) is 11.4 Å². The zero-order valence-electron chi connectivity index (χ0n) is 16.4. The van der Waals surface area contributed by atoms with E-state index in [9.17, 15) is 17.4 Å². The Hall–Kier alpha value is -3.73. The van der Waals surface area contributed by atoms with Gasteiger partial charge in [-0.3, -0.25) is 9.82 Å². The molecular weight excluding hydrogens is 446 g/mol. The van der Waals surface area contributed by atoms with Crippen LogP contribution >= 0.6 is 0 Å². The minimum absolute atomic E-state index is 0.0413. The van der Waals surface area contributed by atoms with E-state index in [0.29, 0.717) is 16.9 Å². The normalized spacial score (nSPS) is 11.9. The average Bonchev–Trinajstić information content (AvgIpc) is 3.27. The maximum Gasteiger partial charge on any atom is 0.159 e. The monoisotopic (exact) mass is 461 g/mol. The number of nitrogens with one attached hydrogen (secondary N) is 3. The van der Waals surface area contributed by atoms with Crippen molar-refractivity contribution < 1.29 is 21.8 Å². The SMILES string of the molecule is CNc1cc(-c2cn[nH]c2-c2c(F)ccc(NS(=O)c3cc(F)ccc3F)c2F)ccn1. The first-order chi connectivity index (χ1) is 15.4. The highest BCUT2D eigenvalue weighted by Gasteiger charge is 2.22. The molecule has 0 amide bonds. The van der Waals surface area contributed by atoms with Gasteiger partial charge in [-0.2, -0.15) is 5.10 Å². The average molecular weight is 461 g/mol. The first kappa shape index (κ1) is 21.5. The Bertz CT molecular complexity index is 1330. The van der Waals surface area contributed by atoms with Crippen LogP contribution in [-0.4, -0.2) is 26.4 Å². The summed E-state index contributed by atoms with van der Waals surface area (Å²) in [5, 5.41) is 9.36. The van der Waals surface area contributed by atoms with E-state index >= 15 is 4.39 Å². The van der Waals surface area contributed by atoms with Crippen molar-refractivity contribution in [3.63, 3.8) is 0 Å². The quantitative estimate of drug-likeness (QED) is 0.358. The molecule has 2 aromatic heterocycles. The maximum absolute atomic E-state index is 15.3. The molecule has 0 spiro atoms. The van der Waals surface area contributed by atoms with Crippen molar-refractivity contribution in [1.29, 1.82) is 0 Å². The van der Waals surface area contributed by atoms with E-state index in [2.05, 4.69) is 25.2 Å². The molecule has 0 fully saturated rings. The van der Waals surface area contributed by atoms with Crippen molar-refractivity contribution in [2.75, 3.05) is 17.1 Å². The third-order valence-electron chi connectivity index (χ3n) is 4.60. The molecule has 0 aliphatic rings. The zero-order chi connectivity index (χ0) is 22.8. The second-order valence-electron chi connectivity index (χ2n) is 6.57. The third-order valence-corrected chi connectivity index (χ3v) is 5.72. The number of nitrogens with zero attached hydrogens (tertiary/aromatic N) is 2. The fourth-order valence-electron chi connectivity index (χ4n) is 3.06. The van der Waals surface area contributed by atoms with Gasteiger partial charge >= 0.3 is 0 Å². The number of halogens is 4. The second kappa shape index (κ2) is 8.79. The summed E-state index contributed by atoms with van der Waals surface area (Å²) >= 11 is 0. The topological polar surface area (TPSA) is 82.7 Å². The highest BCUT2D eigenvalue weighted by atomic mass is 32.2. The van der Waals surface area contributed by atoms with E-state index in [1.165, 1.54) is 12.4 Å². The number of anilines is 2. The summed E-state index contributed by atoms with van der Waals surface area (Å²) in [6.07, 6.45) is 2.93. The lowest BCUT2D eigenvalue weighted by Gasteiger charge is -2.12. The van der Waals surface area contributed by atoms with Gasteiger partial charge in [0.2, 0.25) is 0 Å². The molecule has 0 saturated carbocycles. The molecule has 32 heavy (non-hydrogen) atoms. The Morgan fingerprint density at radius 2 is 1.78 bits per heavy atom. The van der Waals surface area contributed by atoms with Crippen LogP contribution < -0.4 is 10.0 Å². The van der Waals surface area contributed by atoms with Crippen molar-refractivity contribution in [3.8, 4) is 22.4 Å². The van der Waals surface area contributed by atoms with Crippen LogP contribution in [0, 0.1) is 23.3 Å². The van der Waals surface area contributed by atoms with E-state index in [0.717, 1.165) is 30.3 Å². The van der Waals surface area contributed by atoms with Gasteiger partial charge in [0.05, 0.1) is 28.0 Å². The molecule has 11 heteroatoms. The van der Waals surface area contributed by atoms with Crippen molar-refractivity contribution in [3.05, 3.63) is 78.1 Å². The molecule has 0 aliphatic heterocycles. The Labute approximate surface area is 182 Å². The maximum atomic E-state index is 15.3. The number of aromatic amines is 1. The number of pyridine rings is 1. The highest BCUT2D eigenvalue weighted by molar-refractivity contribution is 7.86. The van der Waals surface area contributed by atoms with Crippen molar-refractivity contribution >= 4 is 22.5 Å². The summed E-state index contributed by atoms with van der Waals surface area (Å²) in [7, 11) is -0.665. The molecule has 4 aromatic rings. The van der Waals surface area contributed by atoms with E-state index in [1.54, 1.807) is 19.2 Å². The van der Waals surface area contributed by atoms with Crippen LogP contribution in [0.3, 0.4) is 0 Å². The molecule has 4 rings (SSSR count). The lowest BCUT2D eigenvalue weighted by atomic mass is 10.0. The molecular formula is C21H15F4N5OS. The van der Waals surface area contributed by atoms with Crippen LogP contribution in [0.4, 0.5) is 29.1 Å². The van der Waals surface area contributed by atoms with Crippen LogP contribution in [-0.2, 0) is 11.0 Å². The van der Waals surface area contributed by atoms with Gasteiger partial charge in [-0.25, -0.2) is 26.8 Å². The smallest absolute Gasteiger partial charge is 0.159 e. The molecule has 1 unspecified atom stereocenters. The Kier molecular flexibility index (Phi) is 5.91. The van der Waals surface area contributed by atoms with Crippen LogP contribution in [0.15, 0.2) is 59.8 Å². The van der Waals surface area contributed by atoms with Gasteiger partial charge in [-0.15, -0.1) is 0 Å². The van der Waals surface area contributed by atoms with Crippen molar-refractivity contribution in [2.45, 2.75) is 4.90 Å². The molecule has 0 bridgehead atoms. The Morgan fingerprint density at radius 3 is 2.56 bits per heavy atom. The fourth-order valence-corrected chi connectivity index (χ4v) is 4.00. The summed E-state index contributed by atoms with van der Waals surface area (Å²) in [5.41, 5.74) is 0.211. The predicted octanol–water partition coefficient (Wildman–Crippen LogP) is 4.87. The standard InChI is InChI=1S/C21H15F4N5OS/c1-26-18-8-11(6-7-27-18)13-10-28-29-21(13)19-15(24)4-5-16(20(19)25)30-32(31)17-9-12(22)2-3-14(17)23/h2-10,30H,1H3,(H,26,27)(H,28,29). The molecule has 2 heterocycles. The van der Waals surface area contributed by atoms with Gasteiger partial charge in [0, 0.05) is 18.8 Å². The lowest BCUT2D eigenvalue weighted by molar-refractivity contribution is 0.572. The lowest BCUT2D eigenvalue weighted by Crippen LogP contribution is -2.09. The van der Waals surface area contributed by atoms with Gasteiger partial charge in [0.25, 0.3) is 0 Å². The first-order valence-corrected chi connectivity index (χ1v) is 10.3. The van der Waals surface area contributed by atoms with Gasteiger partial charge in [0.1, 0.15) is 23.3 Å². The Balaban J connectivity index is 1.75. The third kappa shape index (κ3) is 4.06. The number of hydrogen-bond acceptors (Lipinski definition) is 4. The second-order valence-corrected chi connectivity index (χ2v) is 7.75. The Morgan fingerprint density at radius 1 is 1.00 bits per heavy atom. The molecule has 6 nitrogen and oxygen atoms in total. The van der Waals surface area contributed by atoms with Gasteiger partial charge < -0.3 is 5.32 Å². The largest absolute Gasteiger partial charge is 0.373 e. The minimum Gasteiger partial charge on any atom is -0.373 e. The van der Waals surface area contributed by atoms with Gasteiger partial charge in [-0.05, 0) is 48.0 Å². The van der Waals surface area contributed by atoms with E-state index in [4.69, 9.17) is 0 Å². The molecule has 164 valence electrons. The first-order valence-electron chi connectivity index (χ1n) is 9.18. The summed E-state index contributed by atoms with van der Waals surface area (Å²) in [4.78, 5) is 3.60. The fraction of sp³-hybridized carbons (Fsp3) is 0.0476. The predicted molar refractivity (Wildman–Crippen MR) is 113 cm³/mol. The molecule has 0 aliphatic carbocycles. The summed E-state index contributed by atoms with van der Waals surface area (Å²) in [6, 6.07) is 7.72. The number of benzene rings is 2. The van der Waals surface area contributed by atoms with Crippen molar-refractivity contribution in [1.82, 2.24) is 15.2 Å². The van der Waals surface area contributed by atoms with Gasteiger partial charge in [0.15, 0.2) is 16.8 Å². The van der Waals surface area contributed by atoms with Crippen LogP contribution in [0.25, 0.3) is 22.4 Å². The van der Waals surface area contributed by atoms with Crippen LogP contribution in [0.5, 0.6) is 0 Å². The summed E-state index contributed by atoms with van der Waals surface area (Å²) in [5.74, 6) is -3.18. The summed E-state index contributed by atoms with van der Waals surface area (Å²) < 4.78 is 72.1. The van der Waals surface area contributed by atoms with Gasteiger partial charge in [-0.1, -0.05) is 0 Å². The van der Waals surface area contributed by atoms with E-state index < -0.39 is 44.7 Å². The number of H-pyrrole nitrogens is 1. The summed E-state index contributed by atoms with van der Waals surface area (Å²) in [6.45, 7) is 0. The zero-order valence-corrected chi connectivity index (χ0v) is 17.2. The molecule has 2 aromatic carbocycles. The van der Waals surface area contributed by atoms with E-state index in [1.807, 2.05) is 0 Å². The molecule has 0 radical (unpaired) electrons. The highest BCUT2D eigenvalue weighted by Crippen LogP contribution is 2.36. The number of hydrogen-bond donors (Lipinski definition) is 3. The molecule has 3 N–H and O–H groups in total. The van der Waals surface area contributed by atoms with Crippen LogP contribution in [0.1, 0.15) is 0 Å².